The molecule has 1 N–H and O–H groups in total. The summed E-state index contributed by atoms with van der Waals surface area (Å²) in [5.74, 6) is 0.618. The number of amides is 1. The minimum atomic E-state index is -0.510. The lowest BCUT2D eigenvalue weighted by atomic mass is 10.2. The van der Waals surface area contributed by atoms with Gasteiger partial charge in [0.2, 0.25) is 5.88 Å². The van der Waals surface area contributed by atoms with E-state index in [4.69, 9.17) is 14.3 Å². The Labute approximate surface area is 161 Å². The van der Waals surface area contributed by atoms with Gasteiger partial charge in [-0.05, 0) is 19.1 Å². The first-order valence-corrected chi connectivity index (χ1v) is 8.51. The van der Waals surface area contributed by atoms with Crippen LogP contribution >= 0.6 is 0 Å². The molecule has 0 spiro atoms. The average molecular weight is 381 g/mol. The monoisotopic (exact) mass is 381 g/mol. The van der Waals surface area contributed by atoms with Gasteiger partial charge in [-0.25, -0.2) is 15.4 Å². The van der Waals surface area contributed by atoms with Gasteiger partial charge < -0.3 is 9.47 Å². The minimum absolute atomic E-state index is 0.121. The molecular formula is C19H19N5O4. The highest BCUT2D eigenvalue weighted by atomic mass is 16.6. The van der Waals surface area contributed by atoms with Crippen LogP contribution in [0.2, 0.25) is 0 Å². The number of pyridine rings is 2. The van der Waals surface area contributed by atoms with Crippen LogP contribution < -0.4 is 15.0 Å². The van der Waals surface area contributed by atoms with Crippen molar-refractivity contribution in [2.45, 2.75) is 13.5 Å². The summed E-state index contributed by atoms with van der Waals surface area (Å²) in [5.41, 5.74) is 4.44. The molecule has 0 unspecified atom stereocenters. The predicted octanol–water partition coefficient (Wildman–Crippen LogP) is 2.20. The summed E-state index contributed by atoms with van der Waals surface area (Å²) in [5, 5.41) is 0. The molecule has 0 aliphatic rings. The van der Waals surface area contributed by atoms with Gasteiger partial charge in [0.25, 0.3) is 5.91 Å². The molecule has 0 aliphatic carbocycles. The molecule has 9 nitrogen and oxygen atoms in total. The Morgan fingerprint density at radius 1 is 1.11 bits per heavy atom. The highest BCUT2D eigenvalue weighted by Crippen LogP contribution is 2.18. The molecule has 0 saturated carbocycles. The van der Waals surface area contributed by atoms with E-state index in [0.717, 1.165) is 5.56 Å². The molecule has 0 saturated heterocycles. The molecular weight excluding hydrogens is 362 g/mol. The molecule has 1 amide bonds. The van der Waals surface area contributed by atoms with E-state index in [1.165, 1.54) is 6.20 Å². The van der Waals surface area contributed by atoms with Crippen molar-refractivity contribution in [3.05, 3.63) is 60.4 Å². The van der Waals surface area contributed by atoms with E-state index < -0.39 is 5.91 Å². The Balaban J connectivity index is 1.61. The Hall–Kier alpha value is -3.59. The van der Waals surface area contributed by atoms with Gasteiger partial charge >= 0.3 is 0 Å². The molecule has 28 heavy (non-hydrogen) atoms. The van der Waals surface area contributed by atoms with Crippen LogP contribution in [0.15, 0.2) is 49.2 Å². The van der Waals surface area contributed by atoms with Crippen LogP contribution in [-0.2, 0) is 11.4 Å². The number of rotatable bonds is 8. The first-order valence-electron chi connectivity index (χ1n) is 8.51. The zero-order valence-electron chi connectivity index (χ0n) is 15.5. The van der Waals surface area contributed by atoms with Crippen LogP contribution in [0.3, 0.4) is 0 Å². The summed E-state index contributed by atoms with van der Waals surface area (Å²) in [6, 6.07) is 5.30. The molecule has 3 aromatic rings. The zero-order valence-corrected chi connectivity index (χ0v) is 15.5. The van der Waals surface area contributed by atoms with Crippen molar-refractivity contribution in [2.24, 2.45) is 0 Å². The molecule has 3 aromatic heterocycles. The molecule has 3 rings (SSSR count). The number of methoxy groups -OCH3 is 1. The second-order valence-electron chi connectivity index (χ2n) is 5.56. The van der Waals surface area contributed by atoms with Crippen molar-refractivity contribution >= 4 is 5.91 Å². The van der Waals surface area contributed by atoms with Gasteiger partial charge in [-0.15, -0.1) is 0 Å². The van der Waals surface area contributed by atoms with Crippen molar-refractivity contribution in [3.63, 3.8) is 0 Å². The van der Waals surface area contributed by atoms with E-state index in [-0.39, 0.29) is 12.3 Å². The molecule has 0 bridgehead atoms. The van der Waals surface area contributed by atoms with Gasteiger partial charge in [-0.3, -0.25) is 19.6 Å². The molecule has 3 heterocycles. The summed E-state index contributed by atoms with van der Waals surface area (Å²) >= 11 is 0. The van der Waals surface area contributed by atoms with Gasteiger partial charge in [0.05, 0.1) is 38.0 Å². The van der Waals surface area contributed by atoms with E-state index in [2.05, 4.69) is 25.4 Å². The van der Waals surface area contributed by atoms with Crippen molar-refractivity contribution in [1.82, 2.24) is 25.4 Å². The van der Waals surface area contributed by atoms with Crippen molar-refractivity contribution in [2.75, 3.05) is 13.7 Å². The number of hydrogen-bond donors (Lipinski definition) is 1. The smallest absolute Gasteiger partial charge is 0.295 e. The van der Waals surface area contributed by atoms with Crippen LogP contribution in [-0.4, -0.2) is 39.6 Å². The van der Waals surface area contributed by atoms with Gasteiger partial charge in [-0.1, -0.05) is 0 Å². The molecule has 9 heteroatoms. The fourth-order valence-corrected chi connectivity index (χ4v) is 2.27. The molecule has 0 aliphatic heterocycles. The summed E-state index contributed by atoms with van der Waals surface area (Å²) in [6.07, 6.45) is 7.73. The van der Waals surface area contributed by atoms with Crippen molar-refractivity contribution in [1.29, 1.82) is 0 Å². The van der Waals surface area contributed by atoms with E-state index in [1.807, 2.05) is 6.92 Å². The summed E-state index contributed by atoms with van der Waals surface area (Å²) in [7, 11) is 1.55. The van der Waals surface area contributed by atoms with E-state index >= 15 is 0 Å². The lowest BCUT2D eigenvalue weighted by Crippen LogP contribution is -2.24. The third kappa shape index (κ3) is 4.98. The Kier molecular flexibility index (Phi) is 6.42. The first kappa shape index (κ1) is 19.2. The maximum absolute atomic E-state index is 12.3. The fraction of sp³-hybridized carbons (Fsp3) is 0.211. The van der Waals surface area contributed by atoms with Crippen LogP contribution in [0.25, 0.3) is 11.3 Å². The third-order valence-corrected chi connectivity index (χ3v) is 3.60. The molecule has 0 aromatic carbocycles. The van der Waals surface area contributed by atoms with Gasteiger partial charge in [0.15, 0.2) is 0 Å². The fourth-order valence-electron chi connectivity index (χ4n) is 2.27. The number of ether oxygens (including phenoxy) is 2. The van der Waals surface area contributed by atoms with Crippen LogP contribution in [0.5, 0.6) is 11.6 Å². The summed E-state index contributed by atoms with van der Waals surface area (Å²) < 4.78 is 10.4. The number of nitrogens with zero attached hydrogens (tertiary/aromatic N) is 4. The number of nitrogens with one attached hydrogen (secondary N) is 1. The van der Waals surface area contributed by atoms with Crippen LogP contribution in [0, 0.1) is 0 Å². The lowest BCUT2D eigenvalue weighted by Gasteiger charge is -2.07. The van der Waals surface area contributed by atoms with E-state index in [0.29, 0.717) is 29.5 Å². The second-order valence-corrected chi connectivity index (χ2v) is 5.56. The van der Waals surface area contributed by atoms with Crippen molar-refractivity contribution in [3.8, 4) is 22.9 Å². The van der Waals surface area contributed by atoms with Gasteiger partial charge in [-0.2, -0.15) is 0 Å². The van der Waals surface area contributed by atoms with Gasteiger partial charge in [0, 0.05) is 29.6 Å². The SMILES string of the molecule is CCOc1ccc(-c2cncc(C(=O)NOCc3cncc(OC)c3)n2)cn1. The van der Waals surface area contributed by atoms with Gasteiger partial charge in [0.1, 0.15) is 18.1 Å². The summed E-state index contributed by atoms with van der Waals surface area (Å²) in [6.45, 7) is 2.55. The highest BCUT2D eigenvalue weighted by Gasteiger charge is 2.11. The Morgan fingerprint density at radius 2 is 1.96 bits per heavy atom. The maximum atomic E-state index is 12.3. The number of carbonyl (C=O) groups is 1. The first-order chi connectivity index (χ1) is 13.7. The normalized spacial score (nSPS) is 10.4. The largest absolute Gasteiger partial charge is 0.495 e. The number of hydrogen-bond acceptors (Lipinski definition) is 8. The molecule has 0 radical (unpaired) electrons. The lowest BCUT2D eigenvalue weighted by molar-refractivity contribution is 0.0228. The molecule has 0 atom stereocenters. The van der Waals surface area contributed by atoms with E-state index in [9.17, 15) is 4.79 Å². The summed E-state index contributed by atoms with van der Waals surface area (Å²) in [4.78, 5) is 34.1. The standard InChI is InChI=1S/C19H19N5O4/c1-3-27-18-5-4-14(8-22-18)16-10-21-11-17(23-16)19(25)24-28-12-13-6-15(26-2)9-20-7-13/h4-11H,3,12H2,1-2H3,(H,24,25). The van der Waals surface area contributed by atoms with Crippen LogP contribution in [0.1, 0.15) is 23.0 Å². The zero-order chi connectivity index (χ0) is 19.8. The number of aromatic nitrogens is 4. The molecule has 144 valence electrons. The number of hydroxylamine groups is 1. The Bertz CT molecular complexity index is 934. The minimum Gasteiger partial charge on any atom is -0.495 e. The van der Waals surface area contributed by atoms with E-state index in [1.54, 1.807) is 50.1 Å². The predicted molar refractivity (Wildman–Crippen MR) is 99.5 cm³/mol. The maximum Gasteiger partial charge on any atom is 0.295 e. The topological polar surface area (TPSA) is 108 Å². The van der Waals surface area contributed by atoms with Crippen LogP contribution in [0.4, 0.5) is 0 Å². The average Bonchev–Trinajstić information content (AvgIpc) is 2.75. The quantitative estimate of drug-likeness (QED) is 0.592. The highest BCUT2D eigenvalue weighted by molar-refractivity contribution is 5.91. The Morgan fingerprint density at radius 3 is 2.71 bits per heavy atom. The molecule has 0 fully saturated rings. The third-order valence-electron chi connectivity index (χ3n) is 3.60. The van der Waals surface area contributed by atoms with Crippen molar-refractivity contribution < 1.29 is 19.1 Å². The number of carbonyl (C=O) groups excluding carboxylic acids is 1. The second kappa shape index (κ2) is 9.38.